The highest BCUT2D eigenvalue weighted by molar-refractivity contribution is 6.05. The average molecular weight is 359 g/mol. The van der Waals surface area contributed by atoms with Crippen molar-refractivity contribution >= 4 is 23.6 Å². The molecule has 1 aliphatic heterocycles. The first-order valence-electron chi connectivity index (χ1n) is 7.41. The first-order valence-corrected chi connectivity index (χ1v) is 7.41. The second kappa shape index (κ2) is 8.02. The molecule has 0 aliphatic carbocycles. The monoisotopic (exact) mass is 359 g/mol. The van der Waals surface area contributed by atoms with Crippen LogP contribution in [0.2, 0.25) is 0 Å². The van der Waals surface area contributed by atoms with E-state index in [4.69, 9.17) is 19.3 Å². The second-order valence-corrected chi connectivity index (χ2v) is 5.01. The van der Waals surface area contributed by atoms with Gasteiger partial charge in [0.1, 0.15) is 11.4 Å². The maximum Gasteiger partial charge on any atom is 0.355 e. The van der Waals surface area contributed by atoms with E-state index in [1.54, 1.807) is 12.2 Å². The molecule has 0 amide bonds. The number of carbonyl (C=O) groups excluding carboxylic acids is 2. The minimum absolute atomic E-state index is 0.0133. The number of methoxy groups -OCH3 is 3. The molecule has 1 aromatic rings. The maximum atomic E-state index is 12.4. The van der Waals surface area contributed by atoms with Crippen molar-refractivity contribution in [2.45, 2.75) is 0 Å². The SMILES string of the molecule is COC(=O)C1=C(C(=O)OC)N(c2ccc(C(=O)O)cc2OC)C=CC=C1. The van der Waals surface area contributed by atoms with E-state index < -0.39 is 17.9 Å². The molecule has 0 fully saturated rings. The lowest BCUT2D eigenvalue weighted by atomic mass is 10.1. The van der Waals surface area contributed by atoms with Crippen LogP contribution in [-0.4, -0.2) is 44.3 Å². The number of aromatic carboxylic acids is 1. The average Bonchev–Trinajstić information content (AvgIpc) is 2.88. The number of rotatable bonds is 5. The topological polar surface area (TPSA) is 102 Å². The van der Waals surface area contributed by atoms with E-state index in [1.165, 1.54) is 56.7 Å². The predicted molar refractivity (Wildman–Crippen MR) is 91.8 cm³/mol. The van der Waals surface area contributed by atoms with Crippen molar-refractivity contribution in [1.29, 1.82) is 0 Å². The number of hydrogen-bond donors (Lipinski definition) is 1. The van der Waals surface area contributed by atoms with E-state index in [-0.39, 0.29) is 22.6 Å². The Morgan fingerprint density at radius 1 is 1.00 bits per heavy atom. The molecule has 0 saturated heterocycles. The molecule has 1 heterocycles. The van der Waals surface area contributed by atoms with Crippen LogP contribution in [-0.2, 0) is 19.1 Å². The minimum Gasteiger partial charge on any atom is -0.495 e. The molecule has 1 aliphatic rings. The van der Waals surface area contributed by atoms with Crippen molar-refractivity contribution in [1.82, 2.24) is 0 Å². The van der Waals surface area contributed by atoms with E-state index in [0.29, 0.717) is 5.69 Å². The van der Waals surface area contributed by atoms with Crippen molar-refractivity contribution in [2.24, 2.45) is 0 Å². The van der Waals surface area contributed by atoms with Gasteiger partial charge in [-0.2, -0.15) is 0 Å². The van der Waals surface area contributed by atoms with Crippen LogP contribution in [0.5, 0.6) is 5.75 Å². The summed E-state index contributed by atoms with van der Waals surface area (Å²) in [6.07, 6.45) is 6.11. The Balaban J connectivity index is 2.71. The maximum absolute atomic E-state index is 12.4. The van der Waals surface area contributed by atoms with Crippen LogP contribution in [0.1, 0.15) is 10.4 Å². The van der Waals surface area contributed by atoms with Crippen LogP contribution in [0.15, 0.2) is 53.9 Å². The second-order valence-electron chi connectivity index (χ2n) is 5.01. The molecular formula is C18H17NO7. The lowest BCUT2D eigenvalue weighted by Crippen LogP contribution is -2.27. The van der Waals surface area contributed by atoms with Crippen molar-refractivity contribution in [3.05, 3.63) is 59.5 Å². The van der Waals surface area contributed by atoms with E-state index in [1.807, 2.05) is 0 Å². The zero-order valence-corrected chi connectivity index (χ0v) is 14.4. The normalized spacial score (nSPS) is 13.3. The van der Waals surface area contributed by atoms with Crippen LogP contribution in [0.3, 0.4) is 0 Å². The van der Waals surface area contributed by atoms with Crippen LogP contribution in [0.25, 0.3) is 0 Å². The standard InChI is InChI=1S/C18H17NO7/c1-24-14-10-11(16(20)21)7-8-13(14)19-9-5-4-6-12(17(22)25-2)15(19)18(23)26-3/h4-10H,1-3H3,(H,20,21). The van der Waals surface area contributed by atoms with E-state index in [2.05, 4.69) is 0 Å². The summed E-state index contributed by atoms with van der Waals surface area (Å²) >= 11 is 0. The molecule has 2 rings (SSSR count). The summed E-state index contributed by atoms with van der Waals surface area (Å²) in [5.74, 6) is -2.42. The van der Waals surface area contributed by atoms with E-state index in [0.717, 1.165) is 0 Å². The van der Waals surface area contributed by atoms with Crippen molar-refractivity contribution in [3.8, 4) is 5.75 Å². The zero-order chi connectivity index (χ0) is 19.3. The highest BCUT2D eigenvalue weighted by Gasteiger charge is 2.29. The smallest absolute Gasteiger partial charge is 0.355 e. The van der Waals surface area contributed by atoms with Crippen LogP contribution < -0.4 is 9.64 Å². The lowest BCUT2D eigenvalue weighted by molar-refractivity contribution is -0.139. The predicted octanol–water partition coefficient (Wildman–Crippen LogP) is 1.88. The molecule has 0 aromatic heterocycles. The van der Waals surface area contributed by atoms with Gasteiger partial charge >= 0.3 is 17.9 Å². The van der Waals surface area contributed by atoms with Crippen LogP contribution >= 0.6 is 0 Å². The third-order valence-electron chi connectivity index (χ3n) is 3.58. The molecule has 1 N–H and O–H groups in total. The fourth-order valence-electron chi connectivity index (χ4n) is 2.36. The first kappa shape index (κ1) is 18.8. The molecule has 1 aromatic carbocycles. The summed E-state index contributed by atoms with van der Waals surface area (Å²) < 4.78 is 14.8. The van der Waals surface area contributed by atoms with E-state index >= 15 is 0 Å². The molecule has 8 heteroatoms. The number of benzene rings is 1. The molecular weight excluding hydrogens is 342 g/mol. The molecule has 136 valence electrons. The highest BCUT2D eigenvalue weighted by atomic mass is 16.5. The van der Waals surface area contributed by atoms with Gasteiger partial charge in [-0.3, -0.25) is 0 Å². The Bertz CT molecular complexity index is 836. The van der Waals surface area contributed by atoms with Gasteiger partial charge in [-0.1, -0.05) is 6.08 Å². The fourth-order valence-corrected chi connectivity index (χ4v) is 2.36. The third-order valence-corrected chi connectivity index (χ3v) is 3.58. The van der Waals surface area contributed by atoms with Gasteiger partial charge in [-0.15, -0.1) is 0 Å². The van der Waals surface area contributed by atoms with Gasteiger partial charge in [0.2, 0.25) is 0 Å². The Morgan fingerprint density at radius 2 is 1.69 bits per heavy atom. The van der Waals surface area contributed by atoms with Gasteiger partial charge < -0.3 is 24.2 Å². The molecule has 0 bridgehead atoms. The quantitative estimate of drug-likeness (QED) is 0.795. The van der Waals surface area contributed by atoms with Gasteiger partial charge in [0.05, 0.1) is 38.2 Å². The third kappa shape index (κ3) is 3.59. The van der Waals surface area contributed by atoms with Crippen LogP contribution in [0.4, 0.5) is 5.69 Å². The van der Waals surface area contributed by atoms with Crippen molar-refractivity contribution in [3.63, 3.8) is 0 Å². The number of carboxylic acid groups (broad SMARTS) is 1. The minimum atomic E-state index is -1.12. The summed E-state index contributed by atoms with van der Waals surface area (Å²) in [6.45, 7) is 0. The number of carboxylic acids is 1. The number of anilines is 1. The largest absolute Gasteiger partial charge is 0.495 e. The molecule has 26 heavy (non-hydrogen) atoms. The summed E-state index contributed by atoms with van der Waals surface area (Å²) in [4.78, 5) is 37.0. The van der Waals surface area contributed by atoms with Gasteiger partial charge in [0, 0.05) is 6.20 Å². The summed E-state index contributed by atoms with van der Waals surface area (Å²) in [5.41, 5.74) is 0.248. The van der Waals surface area contributed by atoms with Crippen LogP contribution in [0, 0.1) is 0 Å². The number of ether oxygens (including phenoxy) is 3. The molecule has 8 nitrogen and oxygen atoms in total. The zero-order valence-electron chi connectivity index (χ0n) is 14.4. The van der Waals surface area contributed by atoms with Gasteiger partial charge in [0.25, 0.3) is 0 Å². The first-order chi connectivity index (χ1) is 12.4. The molecule has 0 atom stereocenters. The number of nitrogens with zero attached hydrogens (tertiary/aromatic N) is 1. The Kier molecular flexibility index (Phi) is 5.79. The molecule has 0 saturated carbocycles. The molecule has 0 unspecified atom stereocenters. The Morgan fingerprint density at radius 3 is 2.27 bits per heavy atom. The number of esters is 2. The van der Waals surface area contributed by atoms with Gasteiger partial charge in [0.15, 0.2) is 0 Å². The summed E-state index contributed by atoms with van der Waals surface area (Å²) in [7, 11) is 3.75. The number of carbonyl (C=O) groups is 3. The van der Waals surface area contributed by atoms with E-state index in [9.17, 15) is 14.4 Å². The van der Waals surface area contributed by atoms with Crippen molar-refractivity contribution < 1.29 is 33.7 Å². The van der Waals surface area contributed by atoms with Gasteiger partial charge in [-0.05, 0) is 30.4 Å². The number of allylic oxidation sites excluding steroid dienone is 2. The van der Waals surface area contributed by atoms with Gasteiger partial charge in [-0.25, -0.2) is 14.4 Å². The Labute approximate surface area is 149 Å². The Hall–Kier alpha value is -3.55. The molecule has 0 radical (unpaired) electrons. The lowest BCUT2D eigenvalue weighted by Gasteiger charge is -2.24. The summed E-state index contributed by atoms with van der Waals surface area (Å²) in [5, 5.41) is 9.14. The van der Waals surface area contributed by atoms with Crippen molar-refractivity contribution in [2.75, 3.05) is 26.2 Å². The fraction of sp³-hybridized carbons (Fsp3) is 0.167. The highest BCUT2D eigenvalue weighted by Crippen LogP contribution is 2.34. The number of hydrogen-bond acceptors (Lipinski definition) is 7. The molecule has 0 spiro atoms. The summed E-state index contributed by atoms with van der Waals surface area (Å²) in [6, 6.07) is 4.14.